The topological polar surface area (TPSA) is 65.2 Å². The van der Waals surface area contributed by atoms with Gasteiger partial charge < -0.3 is 9.47 Å². The van der Waals surface area contributed by atoms with Crippen LogP contribution in [0, 0.1) is 32.1 Å². The molecule has 0 bridgehead atoms. The highest BCUT2D eigenvalue weighted by Crippen LogP contribution is 2.28. The summed E-state index contributed by atoms with van der Waals surface area (Å²) in [7, 11) is 0. The number of imidazole rings is 1. The summed E-state index contributed by atoms with van der Waals surface area (Å²) in [6, 6.07) is 16.4. The first-order chi connectivity index (χ1) is 16.9. The average Bonchev–Trinajstić information content (AvgIpc) is 3.19. The second-order valence-electron chi connectivity index (χ2n) is 9.62. The number of nitrogens with zero attached hydrogens (tertiary/aromatic N) is 5. The lowest BCUT2D eigenvalue weighted by Gasteiger charge is -2.41. The van der Waals surface area contributed by atoms with Crippen molar-refractivity contribution < 1.29 is 4.79 Å². The number of amides is 1. The number of nitriles is 1. The largest absolute Gasteiger partial charge is 0.327 e. The quantitative estimate of drug-likeness (QED) is 0.458. The minimum atomic E-state index is 0.154. The van der Waals surface area contributed by atoms with Crippen molar-refractivity contribution in [1.29, 1.82) is 5.26 Å². The number of hydrogen-bond acceptors (Lipinski definition) is 4. The van der Waals surface area contributed by atoms with E-state index in [9.17, 15) is 4.79 Å². The fraction of sp³-hybridized carbons (Fsp3) is 0.414. The van der Waals surface area contributed by atoms with E-state index in [1.54, 1.807) is 0 Å². The van der Waals surface area contributed by atoms with Gasteiger partial charge in [0, 0.05) is 37.6 Å². The maximum atomic E-state index is 13.4. The SMILES string of the molecule is CCCCC1CN(c2cccc(C)c2C)C(=O)CN1Cc1cnc(C)n1Cc1ccc(C#N)cc1. The van der Waals surface area contributed by atoms with Gasteiger partial charge >= 0.3 is 0 Å². The molecule has 2 aromatic carbocycles. The monoisotopic (exact) mass is 469 g/mol. The molecule has 3 aromatic rings. The van der Waals surface area contributed by atoms with E-state index in [1.165, 1.54) is 11.1 Å². The number of carbonyl (C=O) groups is 1. The molecule has 0 aliphatic carbocycles. The van der Waals surface area contributed by atoms with Crippen LogP contribution in [-0.4, -0.2) is 39.5 Å². The lowest BCUT2D eigenvalue weighted by molar-refractivity contribution is -0.122. The van der Waals surface area contributed by atoms with Crippen LogP contribution in [0.25, 0.3) is 0 Å². The normalized spacial score (nSPS) is 16.5. The van der Waals surface area contributed by atoms with Gasteiger partial charge in [-0.3, -0.25) is 9.69 Å². The highest BCUT2D eigenvalue weighted by molar-refractivity contribution is 5.96. The van der Waals surface area contributed by atoms with E-state index in [-0.39, 0.29) is 5.91 Å². The van der Waals surface area contributed by atoms with E-state index in [1.807, 2.05) is 48.4 Å². The van der Waals surface area contributed by atoms with Crippen molar-refractivity contribution in [1.82, 2.24) is 14.5 Å². The molecule has 1 unspecified atom stereocenters. The Hall–Kier alpha value is -3.43. The maximum Gasteiger partial charge on any atom is 0.241 e. The Morgan fingerprint density at radius 2 is 1.86 bits per heavy atom. The van der Waals surface area contributed by atoms with Gasteiger partial charge in [0.2, 0.25) is 5.91 Å². The lowest BCUT2D eigenvalue weighted by atomic mass is 10.0. The van der Waals surface area contributed by atoms with Crippen molar-refractivity contribution in [3.63, 3.8) is 0 Å². The summed E-state index contributed by atoms with van der Waals surface area (Å²) < 4.78 is 2.22. The molecule has 2 heterocycles. The Kier molecular flexibility index (Phi) is 7.67. The fourth-order valence-corrected chi connectivity index (χ4v) is 4.91. The molecular weight excluding hydrogens is 434 g/mol. The van der Waals surface area contributed by atoms with Crippen molar-refractivity contribution in [3.8, 4) is 6.07 Å². The second kappa shape index (κ2) is 10.9. The van der Waals surface area contributed by atoms with Gasteiger partial charge in [0.05, 0.1) is 23.9 Å². The Morgan fingerprint density at radius 1 is 1.09 bits per heavy atom. The minimum absolute atomic E-state index is 0.154. The summed E-state index contributed by atoms with van der Waals surface area (Å²) in [5.41, 5.74) is 6.34. The van der Waals surface area contributed by atoms with Crippen molar-refractivity contribution in [2.45, 2.75) is 66.1 Å². The van der Waals surface area contributed by atoms with Crippen LogP contribution in [0.15, 0.2) is 48.7 Å². The maximum absolute atomic E-state index is 13.4. The van der Waals surface area contributed by atoms with Crippen LogP contribution < -0.4 is 4.90 Å². The zero-order valence-electron chi connectivity index (χ0n) is 21.3. The average molecular weight is 470 g/mol. The number of hydrogen-bond donors (Lipinski definition) is 0. The summed E-state index contributed by atoms with van der Waals surface area (Å²) in [5.74, 6) is 1.11. The van der Waals surface area contributed by atoms with Gasteiger partial charge in [-0.05, 0) is 62.1 Å². The van der Waals surface area contributed by atoms with Gasteiger partial charge in [-0.1, -0.05) is 44.0 Å². The summed E-state index contributed by atoms with van der Waals surface area (Å²) >= 11 is 0. The zero-order valence-corrected chi connectivity index (χ0v) is 21.3. The van der Waals surface area contributed by atoms with E-state index in [0.29, 0.717) is 37.8 Å². The summed E-state index contributed by atoms with van der Waals surface area (Å²) in [5, 5.41) is 9.08. The van der Waals surface area contributed by atoms with Crippen LogP contribution in [-0.2, 0) is 17.9 Å². The molecule has 0 radical (unpaired) electrons. The number of aromatic nitrogens is 2. The molecule has 1 amide bonds. The van der Waals surface area contributed by atoms with Crippen molar-refractivity contribution in [2.75, 3.05) is 18.0 Å². The molecule has 6 nitrogen and oxygen atoms in total. The van der Waals surface area contributed by atoms with Crippen molar-refractivity contribution in [2.24, 2.45) is 0 Å². The lowest BCUT2D eigenvalue weighted by Crippen LogP contribution is -2.56. The van der Waals surface area contributed by atoms with Gasteiger partial charge in [0.1, 0.15) is 5.82 Å². The van der Waals surface area contributed by atoms with Crippen LogP contribution in [0.5, 0.6) is 0 Å². The zero-order chi connectivity index (χ0) is 24.9. The first-order valence-electron chi connectivity index (χ1n) is 12.5. The van der Waals surface area contributed by atoms with Crippen LogP contribution in [0.4, 0.5) is 5.69 Å². The number of rotatable bonds is 8. The smallest absolute Gasteiger partial charge is 0.241 e. The van der Waals surface area contributed by atoms with E-state index in [2.05, 4.69) is 53.4 Å². The molecule has 182 valence electrons. The Labute approximate surface area is 208 Å². The molecule has 35 heavy (non-hydrogen) atoms. The molecule has 0 saturated carbocycles. The second-order valence-corrected chi connectivity index (χ2v) is 9.62. The molecule has 1 atom stereocenters. The van der Waals surface area contributed by atoms with E-state index < -0.39 is 0 Å². The third-order valence-corrected chi connectivity index (χ3v) is 7.23. The van der Waals surface area contributed by atoms with Gasteiger partial charge in [0.25, 0.3) is 0 Å². The summed E-state index contributed by atoms with van der Waals surface area (Å²) in [6.07, 6.45) is 5.28. The highest BCUT2D eigenvalue weighted by Gasteiger charge is 2.33. The van der Waals surface area contributed by atoms with Gasteiger partial charge in [-0.25, -0.2) is 4.98 Å². The van der Waals surface area contributed by atoms with Crippen LogP contribution in [0.2, 0.25) is 0 Å². The van der Waals surface area contributed by atoms with Crippen molar-refractivity contribution >= 4 is 11.6 Å². The molecule has 6 heteroatoms. The third kappa shape index (κ3) is 5.47. The van der Waals surface area contributed by atoms with Crippen LogP contribution in [0.1, 0.15) is 60.0 Å². The number of benzene rings is 2. The molecule has 1 fully saturated rings. The van der Waals surface area contributed by atoms with E-state index in [4.69, 9.17) is 5.26 Å². The summed E-state index contributed by atoms with van der Waals surface area (Å²) in [6.45, 7) is 11.0. The highest BCUT2D eigenvalue weighted by atomic mass is 16.2. The predicted octanol–water partition coefficient (Wildman–Crippen LogP) is 5.14. The molecular formula is C29H35N5O. The van der Waals surface area contributed by atoms with E-state index in [0.717, 1.165) is 42.0 Å². The number of aryl methyl sites for hydroxylation is 2. The van der Waals surface area contributed by atoms with Gasteiger partial charge in [-0.15, -0.1) is 0 Å². The first kappa shape index (κ1) is 24.7. The Bertz CT molecular complexity index is 1220. The minimum Gasteiger partial charge on any atom is -0.327 e. The molecule has 1 aliphatic heterocycles. The molecule has 4 rings (SSSR count). The molecule has 1 saturated heterocycles. The standard InChI is InChI=1S/C29H35N5O/c1-5-6-9-26-19-34(28-10-7-8-21(2)22(28)3)29(35)20-32(26)18-27-16-31-23(4)33(27)17-25-13-11-24(15-30)12-14-25/h7-8,10-14,16,26H,5-6,9,17-20H2,1-4H3. The van der Waals surface area contributed by atoms with Gasteiger partial charge in [0.15, 0.2) is 0 Å². The van der Waals surface area contributed by atoms with Gasteiger partial charge in [-0.2, -0.15) is 5.26 Å². The third-order valence-electron chi connectivity index (χ3n) is 7.23. The Morgan fingerprint density at radius 3 is 2.57 bits per heavy atom. The number of unbranched alkanes of at least 4 members (excludes halogenated alkanes) is 1. The molecule has 1 aromatic heterocycles. The molecule has 0 spiro atoms. The first-order valence-corrected chi connectivity index (χ1v) is 12.5. The van der Waals surface area contributed by atoms with Crippen LogP contribution >= 0.6 is 0 Å². The van der Waals surface area contributed by atoms with Crippen LogP contribution in [0.3, 0.4) is 0 Å². The van der Waals surface area contributed by atoms with Crippen molar-refractivity contribution in [3.05, 3.63) is 82.4 Å². The predicted molar refractivity (Wildman–Crippen MR) is 139 cm³/mol. The number of carbonyl (C=O) groups excluding carboxylic acids is 1. The number of anilines is 1. The fourth-order valence-electron chi connectivity index (χ4n) is 4.91. The molecule has 0 N–H and O–H groups in total. The Balaban J connectivity index is 1.56. The number of piperazine rings is 1. The summed E-state index contributed by atoms with van der Waals surface area (Å²) in [4.78, 5) is 22.3. The van der Waals surface area contributed by atoms with E-state index >= 15 is 0 Å². The molecule has 1 aliphatic rings.